The summed E-state index contributed by atoms with van der Waals surface area (Å²) in [5.41, 5.74) is -0.726. The number of piperidine rings is 1. The highest BCUT2D eigenvalue weighted by molar-refractivity contribution is 6.34. The van der Waals surface area contributed by atoms with Crippen molar-refractivity contribution >= 4 is 35.2 Å². The minimum atomic E-state index is -3.05. The second-order valence-electron chi connectivity index (χ2n) is 7.42. The molecule has 2 heterocycles. The summed E-state index contributed by atoms with van der Waals surface area (Å²) in [7, 11) is 0. The fraction of sp³-hybridized carbons (Fsp3) is 0.588. The summed E-state index contributed by atoms with van der Waals surface area (Å²) in [6.07, 6.45) is -1.13. The monoisotopic (exact) mass is 423 g/mol. The third-order valence-corrected chi connectivity index (χ3v) is 4.36. The van der Waals surface area contributed by atoms with Crippen LogP contribution in [0.4, 0.5) is 13.6 Å². The van der Waals surface area contributed by atoms with Gasteiger partial charge in [0.05, 0.1) is 17.6 Å². The van der Waals surface area contributed by atoms with Gasteiger partial charge in [-0.2, -0.15) is 0 Å². The van der Waals surface area contributed by atoms with E-state index < -0.39 is 42.5 Å². The van der Waals surface area contributed by atoms with Crippen LogP contribution in [0.25, 0.3) is 0 Å². The largest absolute Gasteiger partial charge is 0.447 e. The second-order valence-corrected chi connectivity index (χ2v) is 8.21. The molecule has 0 spiro atoms. The topological polar surface area (TPSA) is 71.5 Å². The summed E-state index contributed by atoms with van der Waals surface area (Å²) >= 11 is 11.8. The van der Waals surface area contributed by atoms with Gasteiger partial charge in [-0.25, -0.2) is 18.6 Å². The van der Waals surface area contributed by atoms with E-state index in [1.54, 1.807) is 20.8 Å². The lowest BCUT2D eigenvalue weighted by Crippen LogP contribution is -2.54. The zero-order valence-electron chi connectivity index (χ0n) is 15.2. The van der Waals surface area contributed by atoms with Crippen molar-refractivity contribution in [1.29, 1.82) is 0 Å². The van der Waals surface area contributed by atoms with Crippen molar-refractivity contribution in [3.8, 4) is 0 Å². The Bertz CT molecular complexity index is 726. The molecule has 6 nitrogen and oxygen atoms in total. The number of rotatable bonds is 3. The van der Waals surface area contributed by atoms with E-state index in [9.17, 15) is 18.4 Å². The predicted octanol–water partition coefficient (Wildman–Crippen LogP) is 4.15. The number of pyridine rings is 1. The average molecular weight is 424 g/mol. The van der Waals surface area contributed by atoms with E-state index in [1.165, 1.54) is 12.1 Å². The fourth-order valence-corrected chi connectivity index (χ4v) is 2.95. The molecule has 0 radical (unpaired) electrons. The first kappa shape index (κ1) is 21.6. The van der Waals surface area contributed by atoms with Crippen LogP contribution in [0.3, 0.4) is 0 Å². The summed E-state index contributed by atoms with van der Waals surface area (Å²) in [5.74, 6) is -3.84. The van der Waals surface area contributed by atoms with E-state index in [0.29, 0.717) is 0 Å². The van der Waals surface area contributed by atoms with Gasteiger partial charge in [0.25, 0.3) is 11.8 Å². The quantitative estimate of drug-likeness (QED) is 0.740. The number of nitrogens with zero attached hydrogens (tertiary/aromatic N) is 2. The maximum absolute atomic E-state index is 13.9. The lowest BCUT2D eigenvalue weighted by molar-refractivity contribution is -0.0792. The van der Waals surface area contributed by atoms with Crippen molar-refractivity contribution in [3.05, 3.63) is 28.0 Å². The van der Waals surface area contributed by atoms with Gasteiger partial charge in [-0.05, 0) is 39.3 Å². The molecule has 1 unspecified atom stereocenters. The number of nitrogens with one attached hydrogen (secondary N) is 1. The second kappa shape index (κ2) is 8.14. The number of alkyl halides is 2. The molecule has 150 valence electrons. The Morgan fingerprint density at radius 2 is 2.04 bits per heavy atom. The highest BCUT2D eigenvalue weighted by Gasteiger charge is 2.43. The van der Waals surface area contributed by atoms with E-state index in [0.717, 1.165) is 4.90 Å². The molecule has 1 fully saturated rings. The summed E-state index contributed by atoms with van der Waals surface area (Å²) in [6.45, 7) is 4.29. The molecule has 10 heteroatoms. The van der Waals surface area contributed by atoms with Crippen LogP contribution in [0.2, 0.25) is 10.2 Å². The normalized spacial score (nSPS) is 19.5. The number of halogens is 4. The molecule has 0 bridgehead atoms. The van der Waals surface area contributed by atoms with E-state index in [4.69, 9.17) is 27.9 Å². The van der Waals surface area contributed by atoms with Crippen LogP contribution in [-0.4, -0.2) is 52.5 Å². The molecule has 27 heavy (non-hydrogen) atoms. The lowest BCUT2D eigenvalue weighted by atomic mass is 9.99. The molecule has 0 aliphatic carbocycles. The number of ether oxygens (including phenoxy) is 1. The summed E-state index contributed by atoms with van der Waals surface area (Å²) < 4.78 is 33.0. The molecule has 1 aromatic heterocycles. The molecule has 1 saturated heterocycles. The van der Waals surface area contributed by atoms with Gasteiger partial charge in [0.2, 0.25) is 0 Å². The van der Waals surface area contributed by atoms with E-state index in [1.807, 2.05) is 0 Å². The van der Waals surface area contributed by atoms with Crippen molar-refractivity contribution in [1.82, 2.24) is 15.2 Å². The molecule has 2 rings (SSSR count). The predicted molar refractivity (Wildman–Crippen MR) is 97.5 cm³/mol. The van der Waals surface area contributed by atoms with Crippen molar-refractivity contribution in [2.45, 2.75) is 51.1 Å². The summed E-state index contributed by atoms with van der Waals surface area (Å²) in [5, 5.41) is 2.62. The molecule has 0 saturated carbocycles. The van der Waals surface area contributed by atoms with Crippen molar-refractivity contribution in [2.75, 3.05) is 13.2 Å². The standard InChI is InChI=1S/C17H21Cl2F2N3O3/c1-16(2,3)23-15(26)27-8-10-6-7-17(20,21)9-24(10)14(25)13-11(18)4-5-12(19)22-13/h4-5,10H,6-9H2,1-3H3,(H,23,26). The lowest BCUT2D eigenvalue weighted by Gasteiger charge is -2.39. The highest BCUT2D eigenvalue weighted by atomic mass is 35.5. The fourth-order valence-electron chi connectivity index (χ4n) is 2.62. The van der Waals surface area contributed by atoms with E-state index in [2.05, 4.69) is 10.3 Å². The Labute approximate surface area is 166 Å². The molecular weight excluding hydrogens is 403 g/mol. The minimum Gasteiger partial charge on any atom is -0.447 e. The molecule has 1 N–H and O–H groups in total. The van der Waals surface area contributed by atoms with Crippen LogP contribution in [0, 0.1) is 0 Å². The maximum atomic E-state index is 13.9. The first-order valence-electron chi connectivity index (χ1n) is 8.34. The molecule has 0 aromatic carbocycles. The minimum absolute atomic E-state index is 0.00318. The number of hydrogen-bond donors (Lipinski definition) is 1. The maximum Gasteiger partial charge on any atom is 0.407 e. The third-order valence-electron chi connectivity index (χ3n) is 3.85. The Balaban J connectivity index is 2.16. The number of amides is 2. The molecule has 1 aromatic rings. The number of carbonyl (C=O) groups excluding carboxylic acids is 2. The molecule has 1 atom stereocenters. The van der Waals surface area contributed by atoms with Crippen molar-refractivity contribution < 1.29 is 23.1 Å². The molecule has 2 amide bonds. The van der Waals surface area contributed by atoms with Crippen molar-refractivity contribution in [3.63, 3.8) is 0 Å². The molecule has 1 aliphatic rings. The van der Waals surface area contributed by atoms with E-state index >= 15 is 0 Å². The zero-order valence-corrected chi connectivity index (χ0v) is 16.7. The van der Waals surface area contributed by atoms with Gasteiger partial charge in [0.1, 0.15) is 17.5 Å². The first-order chi connectivity index (χ1) is 12.4. The van der Waals surface area contributed by atoms with E-state index in [-0.39, 0.29) is 28.9 Å². The number of likely N-dealkylation sites (tertiary alicyclic amines) is 1. The van der Waals surface area contributed by atoms with Gasteiger partial charge >= 0.3 is 6.09 Å². The summed E-state index contributed by atoms with van der Waals surface area (Å²) in [6, 6.07) is 2.04. The van der Waals surface area contributed by atoms with Gasteiger partial charge in [-0.3, -0.25) is 4.79 Å². The van der Waals surface area contributed by atoms with Gasteiger partial charge in [-0.1, -0.05) is 23.2 Å². The number of aromatic nitrogens is 1. The van der Waals surface area contributed by atoms with Crippen LogP contribution in [0.15, 0.2) is 12.1 Å². The van der Waals surface area contributed by atoms with Gasteiger partial charge in [0, 0.05) is 12.0 Å². The smallest absolute Gasteiger partial charge is 0.407 e. The summed E-state index contributed by atoms with van der Waals surface area (Å²) in [4.78, 5) is 29.4. The number of alkyl carbamates (subject to hydrolysis) is 1. The molecular formula is C17H21Cl2F2N3O3. The van der Waals surface area contributed by atoms with Crippen LogP contribution < -0.4 is 5.32 Å². The highest BCUT2D eigenvalue weighted by Crippen LogP contribution is 2.32. The SMILES string of the molecule is CC(C)(C)NC(=O)OCC1CCC(F)(F)CN1C(=O)c1nc(Cl)ccc1Cl. The Morgan fingerprint density at radius 1 is 1.37 bits per heavy atom. The third kappa shape index (κ3) is 6.17. The van der Waals surface area contributed by atoms with Gasteiger partial charge < -0.3 is 15.0 Å². The van der Waals surface area contributed by atoms with Gasteiger partial charge in [-0.15, -0.1) is 0 Å². The number of hydrogen-bond acceptors (Lipinski definition) is 4. The first-order valence-corrected chi connectivity index (χ1v) is 9.09. The van der Waals surface area contributed by atoms with Gasteiger partial charge in [0.15, 0.2) is 0 Å². The van der Waals surface area contributed by atoms with Crippen molar-refractivity contribution in [2.24, 2.45) is 0 Å². The Morgan fingerprint density at radius 3 is 2.67 bits per heavy atom. The zero-order chi connectivity index (χ0) is 20.4. The average Bonchev–Trinajstić information content (AvgIpc) is 2.53. The Kier molecular flexibility index (Phi) is 6.52. The van der Waals surface area contributed by atoms with Crippen LogP contribution >= 0.6 is 23.2 Å². The van der Waals surface area contributed by atoms with Crippen LogP contribution in [0.5, 0.6) is 0 Å². The van der Waals surface area contributed by atoms with Crippen LogP contribution in [-0.2, 0) is 4.74 Å². The Hall–Kier alpha value is -1.67. The van der Waals surface area contributed by atoms with Crippen LogP contribution in [0.1, 0.15) is 44.1 Å². The molecule has 1 aliphatic heterocycles. The number of carbonyl (C=O) groups is 2.